The van der Waals surface area contributed by atoms with Gasteiger partial charge < -0.3 is 10.3 Å². The topological polar surface area (TPSA) is 56.7 Å². The molecule has 96 valence electrons. The highest BCUT2D eigenvalue weighted by atomic mass is 35.5. The van der Waals surface area contributed by atoms with E-state index < -0.39 is 0 Å². The summed E-state index contributed by atoms with van der Waals surface area (Å²) >= 11 is 6.16. The van der Waals surface area contributed by atoms with Gasteiger partial charge in [0.2, 0.25) is 0 Å². The number of hydrogen-bond acceptors (Lipinski definition) is 3. The second-order valence-corrected chi connectivity index (χ2v) is 4.88. The second kappa shape index (κ2) is 5.50. The third-order valence-corrected chi connectivity index (χ3v) is 3.21. The van der Waals surface area contributed by atoms with Crippen molar-refractivity contribution in [3.63, 3.8) is 0 Å². The van der Waals surface area contributed by atoms with Crippen LogP contribution in [0.15, 0.2) is 24.3 Å². The van der Waals surface area contributed by atoms with Gasteiger partial charge in [0.15, 0.2) is 0 Å². The summed E-state index contributed by atoms with van der Waals surface area (Å²) in [5, 5.41) is 9.10. The van der Waals surface area contributed by atoms with Crippen molar-refractivity contribution in [3.8, 4) is 0 Å². The Balaban J connectivity index is 2.35. The summed E-state index contributed by atoms with van der Waals surface area (Å²) < 4.78 is 2.07. The Hall–Kier alpha value is -1.39. The highest BCUT2D eigenvalue weighted by Crippen LogP contribution is 2.20. The summed E-state index contributed by atoms with van der Waals surface area (Å²) in [5.74, 6) is 1.71. The predicted molar refractivity (Wildman–Crippen MR) is 72.6 cm³/mol. The zero-order valence-corrected chi connectivity index (χ0v) is 11.4. The average Bonchev–Trinajstić information content (AvgIpc) is 2.75. The average molecular weight is 265 g/mol. The van der Waals surface area contributed by atoms with Gasteiger partial charge in [0.05, 0.1) is 6.54 Å². The fourth-order valence-electron chi connectivity index (χ4n) is 2.03. The Morgan fingerprint density at radius 2 is 1.89 bits per heavy atom. The zero-order valence-electron chi connectivity index (χ0n) is 10.6. The van der Waals surface area contributed by atoms with Crippen molar-refractivity contribution < 1.29 is 0 Å². The first-order valence-electron chi connectivity index (χ1n) is 5.99. The van der Waals surface area contributed by atoms with E-state index in [0.29, 0.717) is 13.0 Å². The molecule has 0 fully saturated rings. The van der Waals surface area contributed by atoms with Crippen molar-refractivity contribution in [1.29, 1.82) is 0 Å². The van der Waals surface area contributed by atoms with Crippen LogP contribution in [0, 0.1) is 0 Å². The van der Waals surface area contributed by atoms with Crippen molar-refractivity contribution >= 4 is 11.6 Å². The molecule has 1 aromatic heterocycles. The molecule has 0 amide bonds. The Kier molecular flexibility index (Phi) is 3.99. The van der Waals surface area contributed by atoms with Crippen LogP contribution in [0.5, 0.6) is 0 Å². The summed E-state index contributed by atoms with van der Waals surface area (Å²) in [7, 11) is 0. The largest absolute Gasteiger partial charge is 0.324 e. The predicted octanol–water partition coefficient (Wildman–Crippen LogP) is 2.56. The molecule has 0 saturated heterocycles. The van der Waals surface area contributed by atoms with Crippen LogP contribution in [0.25, 0.3) is 0 Å². The van der Waals surface area contributed by atoms with E-state index >= 15 is 0 Å². The van der Waals surface area contributed by atoms with Crippen LogP contribution in [0.2, 0.25) is 5.02 Å². The van der Waals surface area contributed by atoms with Gasteiger partial charge in [0.1, 0.15) is 11.6 Å². The first-order chi connectivity index (χ1) is 8.63. The van der Waals surface area contributed by atoms with Crippen LogP contribution in [-0.4, -0.2) is 14.8 Å². The van der Waals surface area contributed by atoms with E-state index in [9.17, 15) is 0 Å². The van der Waals surface area contributed by atoms with Gasteiger partial charge in [0, 0.05) is 17.5 Å². The van der Waals surface area contributed by atoms with E-state index in [4.69, 9.17) is 17.3 Å². The van der Waals surface area contributed by atoms with Gasteiger partial charge in [-0.05, 0) is 25.5 Å². The van der Waals surface area contributed by atoms with Gasteiger partial charge in [-0.25, -0.2) is 0 Å². The third-order valence-electron chi connectivity index (χ3n) is 2.84. The fourth-order valence-corrected chi connectivity index (χ4v) is 2.23. The summed E-state index contributed by atoms with van der Waals surface area (Å²) in [5.41, 5.74) is 6.73. The number of halogens is 1. The standard InChI is InChI=1S/C13H17ClN4/c1-9(2)18-12(16-17-13(18)8-15)7-10-5-3-4-6-11(10)14/h3-6,9H,7-8,15H2,1-2H3. The van der Waals surface area contributed by atoms with Crippen molar-refractivity contribution in [2.45, 2.75) is 32.9 Å². The first-order valence-corrected chi connectivity index (χ1v) is 6.37. The fraction of sp³-hybridized carbons (Fsp3) is 0.385. The van der Waals surface area contributed by atoms with Crippen LogP contribution in [0.3, 0.4) is 0 Å². The summed E-state index contributed by atoms with van der Waals surface area (Å²) in [6.07, 6.45) is 0.671. The highest BCUT2D eigenvalue weighted by molar-refractivity contribution is 6.31. The molecule has 0 bridgehead atoms. The Morgan fingerprint density at radius 1 is 1.22 bits per heavy atom. The molecule has 2 N–H and O–H groups in total. The van der Waals surface area contributed by atoms with Gasteiger partial charge in [-0.1, -0.05) is 29.8 Å². The summed E-state index contributed by atoms with van der Waals surface area (Å²) in [6.45, 7) is 4.59. The van der Waals surface area contributed by atoms with Crippen LogP contribution in [0.1, 0.15) is 37.1 Å². The molecule has 0 aliphatic heterocycles. The molecule has 18 heavy (non-hydrogen) atoms. The second-order valence-electron chi connectivity index (χ2n) is 4.47. The smallest absolute Gasteiger partial charge is 0.147 e. The maximum absolute atomic E-state index is 6.16. The molecule has 1 aromatic carbocycles. The van der Waals surface area contributed by atoms with E-state index in [1.54, 1.807) is 0 Å². The van der Waals surface area contributed by atoms with Crippen LogP contribution >= 0.6 is 11.6 Å². The number of nitrogens with two attached hydrogens (primary N) is 1. The Bertz CT molecular complexity index is 534. The third kappa shape index (κ3) is 2.54. The number of hydrogen-bond donors (Lipinski definition) is 1. The van der Waals surface area contributed by atoms with Crippen LogP contribution < -0.4 is 5.73 Å². The lowest BCUT2D eigenvalue weighted by molar-refractivity contribution is 0.548. The van der Waals surface area contributed by atoms with E-state index in [1.165, 1.54) is 0 Å². The van der Waals surface area contributed by atoms with Gasteiger partial charge >= 0.3 is 0 Å². The molecule has 4 nitrogen and oxygen atoms in total. The molecule has 0 atom stereocenters. The normalized spacial score (nSPS) is 11.2. The van der Waals surface area contributed by atoms with E-state index in [0.717, 1.165) is 22.2 Å². The molecular weight excluding hydrogens is 248 g/mol. The molecule has 5 heteroatoms. The number of nitrogens with zero attached hydrogens (tertiary/aromatic N) is 3. The molecule has 2 aromatic rings. The summed E-state index contributed by atoms with van der Waals surface area (Å²) in [6, 6.07) is 8.07. The first kappa shape index (κ1) is 13.1. The highest BCUT2D eigenvalue weighted by Gasteiger charge is 2.14. The molecule has 2 rings (SSSR count). The lowest BCUT2D eigenvalue weighted by Gasteiger charge is -2.13. The van der Waals surface area contributed by atoms with Gasteiger partial charge in [-0.3, -0.25) is 0 Å². The molecular formula is C13H17ClN4. The molecule has 0 unspecified atom stereocenters. The maximum atomic E-state index is 6.16. The minimum absolute atomic E-state index is 0.288. The van der Waals surface area contributed by atoms with Crippen molar-refractivity contribution in [3.05, 3.63) is 46.5 Å². The van der Waals surface area contributed by atoms with Crippen molar-refractivity contribution in [1.82, 2.24) is 14.8 Å². The Labute approximate surface area is 112 Å². The van der Waals surface area contributed by atoms with Crippen molar-refractivity contribution in [2.75, 3.05) is 0 Å². The molecule has 0 aliphatic rings. The van der Waals surface area contributed by atoms with Gasteiger partial charge in [0.25, 0.3) is 0 Å². The Morgan fingerprint density at radius 3 is 2.50 bits per heavy atom. The van der Waals surface area contributed by atoms with E-state index in [-0.39, 0.29) is 6.04 Å². The van der Waals surface area contributed by atoms with E-state index in [2.05, 4.69) is 28.6 Å². The number of rotatable bonds is 4. The number of benzene rings is 1. The molecule has 0 saturated carbocycles. The quantitative estimate of drug-likeness (QED) is 0.923. The minimum atomic E-state index is 0.288. The lowest BCUT2D eigenvalue weighted by atomic mass is 10.1. The van der Waals surface area contributed by atoms with Crippen LogP contribution in [-0.2, 0) is 13.0 Å². The molecule has 0 radical (unpaired) electrons. The van der Waals surface area contributed by atoms with E-state index in [1.807, 2.05) is 24.3 Å². The minimum Gasteiger partial charge on any atom is -0.324 e. The van der Waals surface area contributed by atoms with Crippen molar-refractivity contribution in [2.24, 2.45) is 5.73 Å². The lowest BCUT2D eigenvalue weighted by Crippen LogP contribution is -2.13. The molecule has 0 spiro atoms. The van der Waals surface area contributed by atoms with Crippen LogP contribution in [0.4, 0.5) is 0 Å². The van der Waals surface area contributed by atoms with Gasteiger partial charge in [-0.2, -0.15) is 0 Å². The zero-order chi connectivity index (χ0) is 13.1. The maximum Gasteiger partial charge on any atom is 0.147 e. The van der Waals surface area contributed by atoms with Gasteiger partial charge in [-0.15, -0.1) is 10.2 Å². The summed E-state index contributed by atoms with van der Waals surface area (Å²) in [4.78, 5) is 0. The number of aromatic nitrogens is 3. The SMILES string of the molecule is CC(C)n1c(CN)nnc1Cc1ccccc1Cl. The molecule has 0 aliphatic carbocycles. The monoisotopic (exact) mass is 264 g/mol. The molecule has 1 heterocycles.